The zero-order valence-electron chi connectivity index (χ0n) is 16.8. The quantitative estimate of drug-likeness (QED) is 0.670. The average molecular weight is 456 g/mol. The van der Waals surface area contributed by atoms with Crippen LogP contribution in [0.3, 0.4) is 0 Å². The zero-order valence-corrected chi connectivity index (χ0v) is 16.8. The van der Waals surface area contributed by atoms with Gasteiger partial charge >= 0.3 is 12.5 Å². The third-order valence-electron chi connectivity index (χ3n) is 5.43. The Morgan fingerprint density at radius 1 is 1.16 bits per heavy atom. The highest BCUT2D eigenvalue weighted by Crippen LogP contribution is 2.33. The number of hydrogen-bond acceptors (Lipinski definition) is 6. The number of nitrogens with one attached hydrogen (secondary N) is 1. The summed E-state index contributed by atoms with van der Waals surface area (Å²) in [5.41, 5.74) is -0.249. The molecule has 32 heavy (non-hydrogen) atoms. The molecular formula is C19H20F4N6O3. The van der Waals surface area contributed by atoms with Crippen molar-refractivity contribution in [2.75, 3.05) is 36.0 Å². The second-order valence-corrected chi connectivity index (χ2v) is 7.49. The van der Waals surface area contributed by atoms with Crippen LogP contribution in [0.15, 0.2) is 24.5 Å². The molecule has 2 amide bonds. The number of anilines is 2. The van der Waals surface area contributed by atoms with Crippen LogP contribution in [-0.2, 0) is 9.53 Å². The van der Waals surface area contributed by atoms with Crippen LogP contribution in [0.1, 0.15) is 18.9 Å². The molecule has 3 heterocycles. The maximum Gasteiger partial charge on any atom is 0.414 e. The van der Waals surface area contributed by atoms with Gasteiger partial charge in [0.2, 0.25) is 0 Å². The Labute approximate surface area is 179 Å². The number of rotatable bonds is 6. The smallest absolute Gasteiger partial charge is 0.414 e. The Balaban J connectivity index is 1.42. The van der Waals surface area contributed by atoms with Gasteiger partial charge in [0.05, 0.1) is 37.2 Å². The minimum absolute atomic E-state index is 0.0495. The van der Waals surface area contributed by atoms with E-state index in [1.54, 1.807) is 22.1 Å². The van der Waals surface area contributed by atoms with Crippen LogP contribution in [0.4, 0.5) is 33.7 Å². The minimum atomic E-state index is -3.19. The number of amides is 2. The number of hydrogen-bond donors (Lipinski definition) is 1. The molecule has 2 aromatic rings. The molecule has 2 aliphatic heterocycles. The fourth-order valence-corrected chi connectivity index (χ4v) is 3.88. The molecular weight excluding hydrogens is 436 g/mol. The Kier molecular flexibility index (Phi) is 6.15. The molecule has 13 heteroatoms. The number of halogens is 4. The zero-order chi connectivity index (χ0) is 22.8. The molecule has 0 saturated carbocycles. The summed E-state index contributed by atoms with van der Waals surface area (Å²) >= 11 is 0. The van der Waals surface area contributed by atoms with Gasteiger partial charge < -0.3 is 15.0 Å². The van der Waals surface area contributed by atoms with Crippen LogP contribution in [0, 0.1) is 11.6 Å². The normalized spacial score (nSPS) is 19.5. The maximum absolute atomic E-state index is 14.9. The molecule has 1 unspecified atom stereocenters. The molecule has 2 aliphatic rings. The summed E-state index contributed by atoms with van der Waals surface area (Å²) < 4.78 is 59.2. The lowest BCUT2D eigenvalue weighted by Gasteiger charge is -2.33. The van der Waals surface area contributed by atoms with Crippen molar-refractivity contribution in [1.82, 2.24) is 20.3 Å². The molecule has 1 aromatic carbocycles. The summed E-state index contributed by atoms with van der Waals surface area (Å²) in [6, 6.07) is 2.11. The second-order valence-electron chi connectivity index (χ2n) is 7.49. The van der Waals surface area contributed by atoms with Crippen molar-refractivity contribution in [3.8, 4) is 0 Å². The van der Waals surface area contributed by atoms with Crippen molar-refractivity contribution in [2.24, 2.45) is 0 Å². The number of aromatic nitrogens is 3. The number of ether oxygens (including phenoxy) is 1. The molecule has 2 fully saturated rings. The highest BCUT2D eigenvalue weighted by molar-refractivity contribution is 5.90. The van der Waals surface area contributed by atoms with E-state index in [0.29, 0.717) is 25.9 Å². The van der Waals surface area contributed by atoms with Crippen molar-refractivity contribution in [2.45, 2.75) is 31.4 Å². The number of nitrogens with zero attached hydrogens (tertiary/aromatic N) is 5. The highest BCUT2D eigenvalue weighted by atomic mass is 19.3. The Bertz CT molecular complexity index is 958. The molecule has 9 nitrogen and oxygen atoms in total. The van der Waals surface area contributed by atoms with Crippen LogP contribution < -0.4 is 15.1 Å². The molecule has 172 valence electrons. The Hall–Kier alpha value is -3.38. The van der Waals surface area contributed by atoms with Gasteiger partial charge in [-0.1, -0.05) is 0 Å². The third kappa shape index (κ3) is 4.46. The largest absolute Gasteiger partial charge is 0.442 e. The van der Waals surface area contributed by atoms with Crippen LogP contribution in [0.5, 0.6) is 0 Å². The van der Waals surface area contributed by atoms with E-state index in [-0.39, 0.29) is 30.5 Å². The Morgan fingerprint density at radius 3 is 2.38 bits per heavy atom. The number of carbonyl (C=O) groups is 2. The first kappa shape index (κ1) is 21.8. The molecule has 4 rings (SSSR count). The van der Waals surface area contributed by atoms with E-state index in [0.717, 1.165) is 17.0 Å². The molecule has 1 atom stereocenters. The van der Waals surface area contributed by atoms with Crippen molar-refractivity contribution in [3.05, 3.63) is 36.2 Å². The van der Waals surface area contributed by atoms with Crippen molar-refractivity contribution >= 4 is 23.4 Å². The van der Waals surface area contributed by atoms with Gasteiger partial charge in [0.15, 0.2) is 11.6 Å². The molecule has 0 spiro atoms. The minimum Gasteiger partial charge on any atom is -0.442 e. The molecule has 1 aromatic heterocycles. The van der Waals surface area contributed by atoms with E-state index < -0.39 is 36.2 Å². The summed E-state index contributed by atoms with van der Waals surface area (Å²) in [7, 11) is 0. The van der Waals surface area contributed by atoms with Gasteiger partial charge in [-0.15, -0.1) is 0 Å². The van der Waals surface area contributed by atoms with Gasteiger partial charge in [0.1, 0.15) is 11.8 Å². The summed E-state index contributed by atoms with van der Waals surface area (Å²) in [5, 5.41) is 10.2. The summed E-state index contributed by atoms with van der Waals surface area (Å²) in [4.78, 5) is 27.2. The van der Waals surface area contributed by atoms with E-state index in [4.69, 9.17) is 4.74 Å². The number of alkyl halides is 2. The monoisotopic (exact) mass is 456 g/mol. The number of carbonyl (C=O) groups excluding carboxylic acids is 2. The lowest BCUT2D eigenvalue weighted by molar-refractivity contribution is -0.132. The molecule has 0 radical (unpaired) electrons. The fraction of sp³-hybridized carbons (Fsp3) is 0.474. The number of benzene rings is 1. The first-order valence-corrected chi connectivity index (χ1v) is 9.97. The van der Waals surface area contributed by atoms with Gasteiger partial charge in [0, 0.05) is 25.2 Å². The lowest BCUT2D eigenvalue weighted by Crippen LogP contribution is -2.37. The summed E-state index contributed by atoms with van der Waals surface area (Å²) in [6.07, 6.45) is -0.637. The van der Waals surface area contributed by atoms with E-state index in [1.165, 1.54) is 0 Å². The van der Waals surface area contributed by atoms with Gasteiger partial charge in [-0.05, 0) is 12.8 Å². The van der Waals surface area contributed by atoms with Crippen molar-refractivity contribution in [1.29, 1.82) is 0 Å². The Morgan fingerprint density at radius 2 is 1.78 bits per heavy atom. The molecule has 1 N–H and O–H groups in total. The summed E-state index contributed by atoms with van der Waals surface area (Å²) in [6.45, 7) is 0.311. The van der Waals surface area contributed by atoms with E-state index in [2.05, 4.69) is 10.2 Å². The summed E-state index contributed by atoms with van der Waals surface area (Å²) in [5.74, 6) is -3.16. The SMILES string of the molecule is O=C(NCC1CN(c2cc(F)c(N3CCC(n4nccn4)CC3)c(F)c2)C(=O)O1)C(F)F. The first-order valence-electron chi connectivity index (χ1n) is 9.97. The van der Waals surface area contributed by atoms with E-state index >= 15 is 0 Å². The number of piperidine rings is 1. The van der Waals surface area contributed by atoms with Gasteiger partial charge in [0.25, 0.3) is 5.91 Å². The highest BCUT2D eigenvalue weighted by Gasteiger charge is 2.34. The van der Waals surface area contributed by atoms with Gasteiger partial charge in [-0.25, -0.2) is 13.6 Å². The average Bonchev–Trinajstić information content (AvgIpc) is 3.42. The van der Waals surface area contributed by atoms with Gasteiger partial charge in [-0.3, -0.25) is 9.69 Å². The van der Waals surface area contributed by atoms with Crippen LogP contribution in [0.2, 0.25) is 0 Å². The second kappa shape index (κ2) is 9.01. The standard InChI is InChI=1S/C19H20F4N6O3/c20-14-7-12(28-10-13(32-19(28)31)9-24-18(30)17(22)23)8-15(21)16(14)27-5-1-11(2-6-27)29-25-3-4-26-29/h3-4,7-8,11,13,17H,1-2,5-6,9-10H2,(H,24,30). The van der Waals surface area contributed by atoms with Crippen molar-refractivity contribution < 1.29 is 31.9 Å². The predicted molar refractivity (Wildman–Crippen MR) is 103 cm³/mol. The first-order chi connectivity index (χ1) is 15.3. The third-order valence-corrected chi connectivity index (χ3v) is 5.43. The molecule has 0 aliphatic carbocycles. The molecule has 0 bridgehead atoms. The lowest BCUT2D eigenvalue weighted by atomic mass is 10.0. The van der Waals surface area contributed by atoms with E-state index in [9.17, 15) is 27.2 Å². The van der Waals surface area contributed by atoms with Crippen LogP contribution in [-0.4, -0.2) is 65.7 Å². The fourth-order valence-electron chi connectivity index (χ4n) is 3.88. The van der Waals surface area contributed by atoms with Crippen molar-refractivity contribution in [3.63, 3.8) is 0 Å². The maximum atomic E-state index is 14.9. The molecule has 2 saturated heterocycles. The van der Waals surface area contributed by atoms with Crippen LogP contribution in [0.25, 0.3) is 0 Å². The topological polar surface area (TPSA) is 92.6 Å². The van der Waals surface area contributed by atoms with E-state index in [1.807, 2.05) is 5.32 Å². The number of cyclic esters (lactones) is 1. The van der Waals surface area contributed by atoms with Crippen LogP contribution >= 0.6 is 0 Å². The van der Waals surface area contributed by atoms with Gasteiger partial charge in [-0.2, -0.15) is 23.8 Å². The predicted octanol–water partition coefficient (Wildman–Crippen LogP) is 2.10.